The van der Waals surface area contributed by atoms with Crippen molar-refractivity contribution in [1.82, 2.24) is 23.7 Å². The van der Waals surface area contributed by atoms with Gasteiger partial charge in [0, 0.05) is 24.0 Å². The lowest BCUT2D eigenvalue weighted by Gasteiger charge is -2.11. The second-order valence-corrected chi connectivity index (χ2v) is 8.39. The number of nitrogens with zero attached hydrogens (tertiary/aromatic N) is 5. The Bertz CT molecular complexity index is 1300. The van der Waals surface area contributed by atoms with E-state index in [0.717, 1.165) is 52.7 Å². The number of pyridine rings is 2. The quantitative estimate of drug-likeness (QED) is 0.319. The van der Waals surface area contributed by atoms with Crippen molar-refractivity contribution in [3.8, 4) is 0 Å². The topological polar surface area (TPSA) is 57.6 Å². The summed E-state index contributed by atoms with van der Waals surface area (Å²) in [6.45, 7) is 2.68. The van der Waals surface area contributed by atoms with Gasteiger partial charge in [-0.3, -0.25) is 18.5 Å². The summed E-state index contributed by atoms with van der Waals surface area (Å²) in [4.78, 5) is 22.2. The van der Waals surface area contributed by atoms with Crippen LogP contribution >= 0.6 is 11.6 Å². The Morgan fingerprint density at radius 2 is 1.97 bits per heavy atom. The number of halogens is 2. The summed E-state index contributed by atoms with van der Waals surface area (Å²) in [6, 6.07) is 7.94. The van der Waals surface area contributed by atoms with Crippen LogP contribution in [0.25, 0.3) is 22.1 Å². The Morgan fingerprint density at radius 3 is 2.73 bits per heavy atom. The van der Waals surface area contributed by atoms with E-state index in [9.17, 15) is 9.18 Å². The Kier molecular flexibility index (Phi) is 4.85. The van der Waals surface area contributed by atoms with Crippen LogP contribution in [0.2, 0.25) is 5.15 Å². The first-order chi connectivity index (χ1) is 14.6. The summed E-state index contributed by atoms with van der Waals surface area (Å²) < 4.78 is 18.5. The lowest BCUT2D eigenvalue weighted by Crippen LogP contribution is -2.25. The molecule has 0 unspecified atom stereocenters. The number of aryl methyl sites for hydroxylation is 2. The van der Waals surface area contributed by atoms with Crippen molar-refractivity contribution >= 4 is 33.7 Å². The zero-order valence-electron chi connectivity index (χ0n) is 16.8. The highest BCUT2D eigenvalue weighted by Crippen LogP contribution is 2.36. The van der Waals surface area contributed by atoms with E-state index in [1.165, 1.54) is 0 Å². The van der Waals surface area contributed by atoms with Gasteiger partial charge >= 0.3 is 5.69 Å². The van der Waals surface area contributed by atoms with E-state index in [2.05, 4.69) is 14.5 Å². The third-order valence-electron chi connectivity index (χ3n) is 5.79. The van der Waals surface area contributed by atoms with Crippen molar-refractivity contribution in [2.45, 2.75) is 51.7 Å². The molecule has 1 aliphatic carbocycles. The highest BCUT2D eigenvalue weighted by atomic mass is 35.5. The van der Waals surface area contributed by atoms with Crippen molar-refractivity contribution in [3.63, 3.8) is 0 Å². The van der Waals surface area contributed by atoms with Gasteiger partial charge < -0.3 is 4.57 Å². The van der Waals surface area contributed by atoms with E-state index in [-0.39, 0.29) is 18.4 Å². The van der Waals surface area contributed by atoms with Crippen LogP contribution in [-0.4, -0.2) is 30.3 Å². The summed E-state index contributed by atoms with van der Waals surface area (Å²) in [7, 11) is 0. The van der Waals surface area contributed by atoms with Crippen LogP contribution in [0.1, 0.15) is 43.1 Å². The van der Waals surface area contributed by atoms with Crippen molar-refractivity contribution in [2.24, 2.45) is 0 Å². The number of rotatable bonds is 7. The Balaban J connectivity index is 1.64. The molecular weight excluding hydrogens is 405 g/mol. The van der Waals surface area contributed by atoms with Gasteiger partial charge in [-0.25, -0.2) is 9.78 Å². The Labute approximate surface area is 177 Å². The highest BCUT2D eigenvalue weighted by molar-refractivity contribution is 6.29. The summed E-state index contributed by atoms with van der Waals surface area (Å²) in [5.74, 6) is 0. The molecule has 1 aliphatic rings. The fourth-order valence-electron chi connectivity index (χ4n) is 4.20. The largest absolute Gasteiger partial charge is 0.342 e. The van der Waals surface area contributed by atoms with E-state index in [4.69, 9.17) is 11.6 Å². The molecule has 1 fully saturated rings. The molecule has 4 heterocycles. The Hall–Kier alpha value is -2.67. The van der Waals surface area contributed by atoms with Crippen molar-refractivity contribution in [1.29, 1.82) is 0 Å². The molecule has 0 radical (unpaired) electrons. The van der Waals surface area contributed by atoms with E-state index in [1.807, 2.05) is 29.7 Å². The summed E-state index contributed by atoms with van der Waals surface area (Å²) in [5, 5.41) is 0.428. The lowest BCUT2D eigenvalue weighted by atomic mass is 10.3. The van der Waals surface area contributed by atoms with E-state index in [0.29, 0.717) is 24.7 Å². The zero-order valence-corrected chi connectivity index (χ0v) is 17.6. The molecule has 0 bridgehead atoms. The van der Waals surface area contributed by atoms with Crippen LogP contribution < -0.4 is 5.69 Å². The average Bonchev–Trinajstić information content (AvgIpc) is 3.44. The zero-order chi connectivity index (χ0) is 20.8. The van der Waals surface area contributed by atoms with Crippen LogP contribution in [-0.2, 0) is 13.1 Å². The van der Waals surface area contributed by atoms with Crippen LogP contribution in [0.15, 0.2) is 35.3 Å². The van der Waals surface area contributed by atoms with Crippen LogP contribution in [0.4, 0.5) is 4.39 Å². The third-order valence-corrected chi connectivity index (χ3v) is 6.00. The first kappa shape index (κ1) is 19.3. The van der Waals surface area contributed by atoms with Crippen LogP contribution in [0.3, 0.4) is 0 Å². The molecule has 8 heteroatoms. The van der Waals surface area contributed by atoms with Gasteiger partial charge in [-0.15, -0.1) is 0 Å². The molecule has 0 atom stereocenters. The van der Waals surface area contributed by atoms with Crippen LogP contribution in [0.5, 0.6) is 0 Å². The van der Waals surface area contributed by atoms with Crippen molar-refractivity contribution < 1.29 is 4.39 Å². The molecule has 0 saturated heterocycles. The number of hydrogen-bond donors (Lipinski definition) is 0. The monoisotopic (exact) mass is 427 g/mol. The molecule has 30 heavy (non-hydrogen) atoms. The number of fused-ring (bicyclic) bond motifs is 2. The summed E-state index contributed by atoms with van der Waals surface area (Å²) in [6.07, 6.45) is 5.08. The normalized spacial score (nSPS) is 14.2. The Morgan fingerprint density at radius 1 is 1.13 bits per heavy atom. The van der Waals surface area contributed by atoms with Gasteiger partial charge in [-0.05, 0) is 56.9 Å². The van der Waals surface area contributed by atoms with Gasteiger partial charge in [0.05, 0.1) is 41.5 Å². The van der Waals surface area contributed by atoms with Gasteiger partial charge in [0.1, 0.15) is 5.15 Å². The molecule has 0 spiro atoms. The maximum absolute atomic E-state index is 13.3. The first-order valence-electron chi connectivity index (χ1n) is 10.3. The van der Waals surface area contributed by atoms with E-state index >= 15 is 0 Å². The minimum atomic E-state index is -0.335. The summed E-state index contributed by atoms with van der Waals surface area (Å²) >= 11 is 6.09. The standard InChI is InChI=1S/C22H23ClFN5O/c1-14-10-19-20(12-25-14)28(22(30)29(19)15-4-5-15)13-16-11-17-18(6-7-21(23)26-17)27(16)9-3-2-8-24/h6-7,10-12,15H,2-5,8-9,13H2,1H3. The molecule has 0 aliphatic heterocycles. The second-order valence-electron chi connectivity index (χ2n) is 8.01. The highest BCUT2D eigenvalue weighted by Gasteiger charge is 2.29. The predicted octanol–water partition coefficient (Wildman–Crippen LogP) is 4.64. The van der Waals surface area contributed by atoms with Crippen molar-refractivity contribution in [2.75, 3.05) is 6.67 Å². The van der Waals surface area contributed by atoms with Gasteiger partial charge in [0.25, 0.3) is 0 Å². The maximum atomic E-state index is 13.3. The molecule has 156 valence electrons. The minimum Gasteiger partial charge on any atom is -0.342 e. The summed E-state index contributed by atoms with van der Waals surface area (Å²) in [5.41, 5.74) is 5.35. The molecule has 4 aromatic heterocycles. The van der Waals surface area contributed by atoms with E-state index < -0.39 is 0 Å². The molecule has 5 rings (SSSR count). The van der Waals surface area contributed by atoms with Crippen LogP contribution in [0, 0.1) is 6.92 Å². The van der Waals surface area contributed by atoms with Gasteiger partial charge in [-0.2, -0.15) is 0 Å². The van der Waals surface area contributed by atoms with Gasteiger partial charge in [0.15, 0.2) is 0 Å². The number of unbranched alkanes of at least 4 members (excludes halogenated alkanes) is 1. The number of imidazole rings is 1. The smallest absolute Gasteiger partial charge is 0.329 e. The molecule has 0 aromatic carbocycles. The van der Waals surface area contributed by atoms with Gasteiger partial charge in [-0.1, -0.05) is 11.6 Å². The first-order valence-corrected chi connectivity index (χ1v) is 10.7. The molecule has 6 nitrogen and oxygen atoms in total. The number of aromatic nitrogens is 5. The van der Waals surface area contributed by atoms with Crippen molar-refractivity contribution in [3.05, 3.63) is 57.5 Å². The minimum absolute atomic E-state index is 0.00791. The predicted molar refractivity (Wildman–Crippen MR) is 116 cm³/mol. The molecule has 0 N–H and O–H groups in total. The fourth-order valence-corrected chi connectivity index (χ4v) is 4.36. The second kappa shape index (κ2) is 7.54. The molecule has 4 aromatic rings. The maximum Gasteiger partial charge on any atom is 0.329 e. The average molecular weight is 428 g/mol. The van der Waals surface area contributed by atoms with E-state index in [1.54, 1.807) is 16.8 Å². The molecular formula is C22H23ClFN5O. The SMILES string of the molecule is Cc1cc2c(cn1)n(Cc1cc3nc(Cl)ccc3n1CCCCF)c(=O)n2C1CC1. The third kappa shape index (κ3) is 3.31. The van der Waals surface area contributed by atoms with Gasteiger partial charge in [0.2, 0.25) is 0 Å². The molecule has 0 amide bonds. The fraction of sp³-hybridized carbons (Fsp3) is 0.409. The lowest BCUT2D eigenvalue weighted by molar-refractivity contribution is 0.447. The molecule has 1 saturated carbocycles. The number of alkyl halides is 1. The number of hydrogen-bond acceptors (Lipinski definition) is 3.